The highest BCUT2D eigenvalue weighted by atomic mass is 32.1. The molecule has 0 saturated heterocycles. The normalized spacial score (nSPS) is 19.1. The highest BCUT2D eigenvalue weighted by Crippen LogP contribution is 2.40. The molecule has 0 aromatic carbocycles. The summed E-state index contributed by atoms with van der Waals surface area (Å²) in [6.45, 7) is 7.72. The minimum absolute atomic E-state index is 0.477. The Hall–Kier alpha value is -0.410. The fourth-order valence-corrected chi connectivity index (χ4v) is 3.45. The third-order valence-corrected chi connectivity index (χ3v) is 4.59. The third kappa shape index (κ3) is 3.52. The lowest BCUT2D eigenvalue weighted by Crippen LogP contribution is -2.37. The number of aromatic nitrogens is 1. The summed E-state index contributed by atoms with van der Waals surface area (Å²) in [4.78, 5) is 4.64. The molecule has 96 valence electrons. The first-order chi connectivity index (χ1) is 8.10. The Morgan fingerprint density at radius 1 is 1.41 bits per heavy atom. The molecule has 1 aliphatic rings. The summed E-state index contributed by atoms with van der Waals surface area (Å²) in [5.41, 5.74) is 1.78. The summed E-state index contributed by atoms with van der Waals surface area (Å²) in [5.74, 6) is 0. The predicted molar refractivity (Wildman–Crippen MR) is 74.6 cm³/mol. The van der Waals surface area contributed by atoms with Gasteiger partial charge in [-0.1, -0.05) is 26.7 Å². The number of aryl methyl sites for hydroxylation is 1. The monoisotopic (exact) mass is 252 g/mol. The van der Waals surface area contributed by atoms with Crippen LogP contribution in [-0.2, 0) is 6.42 Å². The second-order valence-corrected chi connectivity index (χ2v) is 6.84. The first kappa shape index (κ1) is 13.0. The van der Waals surface area contributed by atoms with Crippen LogP contribution < -0.4 is 5.32 Å². The van der Waals surface area contributed by atoms with E-state index >= 15 is 0 Å². The molecule has 1 N–H and O–H groups in total. The Bertz CT molecular complexity index is 351. The van der Waals surface area contributed by atoms with Gasteiger partial charge in [0.05, 0.1) is 10.7 Å². The Balaban J connectivity index is 2.01. The molecule has 0 amide bonds. The average Bonchev–Trinajstić information content (AvgIpc) is 2.87. The van der Waals surface area contributed by atoms with E-state index in [-0.39, 0.29) is 0 Å². The third-order valence-electron chi connectivity index (χ3n) is 3.77. The molecular formula is C14H24N2S. The molecule has 1 aromatic rings. The summed E-state index contributed by atoms with van der Waals surface area (Å²) in [6.07, 6.45) is 6.68. The molecule has 3 heteroatoms. The van der Waals surface area contributed by atoms with Gasteiger partial charge in [-0.05, 0) is 31.6 Å². The van der Waals surface area contributed by atoms with Crippen molar-refractivity contribution in [3.63, 3.8) is 0 Å². The van der Waals surface area contributed by atoms with Gasteiger partial charge in [0, 0.05) is 18.0 Å². The highest BCUT2D eigenvalue weighted by Gasteiger charge is 2.34. The Kier molecular flexibility index (Phi) is 4.21. The summed E-state index contributed by atoms with van der Waals surface area (Å²) in [5, 5.41) is 7.07. The average molecular weight is 252 g/mol. The van der Waals surface area contributed by atoms with E-state index in [1.807, 2.05) is 0 Å². The van der Waals surface area contributed by atoms with Gasteiger partial charge in [0.15, 0.2) is 0 Å². The van der Waals surface area contributed by atoms with Crippen molar-refractivity contribution >= 4 is 11.3 Å². The van der Waals surface area contributed by atoms with Crippen LogP contribution in [0.15, 0.2) is 5.38 Å². The maximum Gasteiger partial charge on any atom is 0.0897 e. The summed E-state index contributed by atoms with van der Waals surface area (Å²) in [7, 11) is 0. The molecule has 0 unspecified atom stereocenters. The molecule has 1 aromatic heterocycles. The number of nitrogens with zero attached hydrogens (tertiary/aromatic N) is 1. The van der Waals surface area contributed by atoms with Crippen LogP contribution in [0, 0.1) is 12.3 Å². The second-order valence-electron chi connectivity index (χ2n) is 5.78. The zero-order chi connectivity index (χ0) is 12.3. The molecule has 0 radical (unpaired) electrons. The largest absolute Gasteiger partial charge is 0.314 e. The molecule has 0 bridgehead atoms. The van der Waals surface area contributed by atoms with Crippen molar-refractivity contribution < 1.29 is 0 Å². The Labute approximate surface area is 109 Å². The fraction of sp³-hybridized carbons (Fsp3) is 0.786. The van der Waals surface area contributed by atoms with Crippen molar-refractivity contribution in [3.8, 4) is 0 Å². The standard InChI is InChI=1S/C14H24N2S/c1-11(2)15-10-14(6-4-5-7-14)8-13-9-17-12(3)16-13/h9,11,15H,4-8,10H2,1-3H3. The van der Waals surface area contributed by atoms with Crippen LogP contribution in [0.4, 0.5) is 0 Å². The topological polar surface area (TPSA) is 24.9 Å². The van der Waals surface area contributed by atoms with Crippen molar-refractivity contribution in [2.24, 2.45) is 5.41 Å². The van der Waals surface area contributed by atoms with Crippen molar-refractivity contribution in [2.45, 2.75) is 58.9 Å². The van der Waals surface area contributed by atoms with Crippen molar-refractivity contribution in [2.75, 3.05) is 6.54 Å². The van der Waals surface area contributed by atoms with E-state index in [0.29, 0.717) is 11.5 Å². The van der Waals surface area contributed by atoms with E-state index in [1.54, 1.807) is 11.3 Å². The van der Waals surface area contributed by atoms with Gasteiger partial charge in [-0.3, -0.25) is 0 Å². The van der Waals surface area contributed by atoms with Crippen LogP contribution in [0.25, 0.3) is 0 Å². The van der Waals surface area contributed by atoms with Gasteiger partial charge in [-0.25, -0.2) is 4.98 Å². The predicted octanol–water partition coefficient (Wildman–Crippen LogP) is 3.55. The van der Waals surface area contributed by atoms with Gasteiger partial charge in [-0.2, -0.15) is 0 Å². The number of thiazole rings is 1. The zero-order valence-electron chi connectivity index (χ0n) is 11.3. The van der Waals surface area contributed by atoms with Gasteiger partial charge < -0.3 is 5.32 Å². The van der Waals surface area contributed by atoms with Gasteiger partial charge in [0.2, 0.25) is 0 Å². The number of nitrogens with one attached hydrogen (secondary N) is 1. The van der Waals surface area contributed by atoms with E-state index in [9.17, 15) is 0 Å². The number of rotatable bonds is 5. The molecule has 2 rings (SSSR count). The van der Waals surface area contributed by atoms with Crippen LogP contribution >= 0.6 is 11.3 Å². The van der Waals surface area contributed by atoms with Crippen LogP contribution in [-0.4, -0.2) is 17.6 Å². The molecule has 1 aliphatic carbocycles. The number of hydrogen-bond acceptors (Lipinski definition) is 3. The van der Waals surface area contributed by atoms with E-state index in [0.717, 1.165) is 13.0 Å². The molecule has 1 saturated carbocycles. The smallest absolute Gasteiger partial charge is 0.0897 e. The second kappa shape index (κ2) is 5.49. The van der Waals surface area contributed by atoms with Crippen LogP contribution in [0.1, 0.15) is 50.2 Å². The SMILES string of the molecule is Cc1nc(CC2(CNC(C)C)CCCC2)cs1. The molecular weight excluding hydrogens is 228 g/mol. The van der Waals surface area contributed by atoms with Crippen LogP contribution in [0.3, 0.4) is 0 Å². The number of hydrogen-bond donors (Lipinski definition) is 1. The molecule has 0 spiro atoms. The molecule has 0 atom stereocenters. The Morgan fingerprint density at radius 3 is 2.65 bits per heavy atom. The minimum atomic E-state index is 0.477. The minimum Gasteiger partial charge on any atom is -0.314 e. The molecule has 17 heavy (non-hydrogen) atoms. The first-order valence-corrected chi connectivity index (χ1v) is 7.62. The first-order valence-electron chi connectivity index (χ1n) is 6.74. The molecule has 2 nitrogen and oxygen atoms in total. The van der Waals surface area contributed by atoms with Crippen molar-refractivity contribution in [1.29, 1.82) is 0 Å². The van der Waals surface area contributed by atoms with Gasteiger partial charge in [0.25, 0.3) is 0 Å². The summed E-state index contributed by atoms with van der Waals surface area (Å²) in [6, 6.07) is 0.588. The lowest BCUT2D eigenvalue weighted by molar-refractivity contribution is 0.267. The fourth-order valence-electron chi connectivity index (χ4n) is 2.84. The van der Waals surface area contributed by atoms with E-state index < -0.39 is 0 Å². The van der Waals surface area contributed by atoms with E-state index in [1.165, 1.54) is 36.4 Å². The summed E-state index contributed by atoms with van der Waals surface area (Å²) < 4.78 is 0. The quantitative estimate of drug-likeness (QED) is 0.867. The maximum atomic E-state index is 4.64. The lowest BCUT2D eigenvalue weighted by Gasteiger charge is -2.29. The van der Waals surface area contributed by atoms with Gasteiger partial charge in [0.1, 0.15) is 0 Å². The van der Waals surface area contributed by atoms with E-state index in [4.69, 9.17) is 0 Å². The maximum absolute atomic E-state index is 4.64. The van der Waals surface area contributed by atoms with E-state index in [2.05, 4.69) is 36.5 Å². The van der Waals surface area contributed by atoms with Crippen LogP contribution in [0.5, 0.6) is 0 Å². The molecule has 1 fully saturated rings. The lowest BCUT2D eigenvalue weighted by atomic mass is 9.81. The zero-order valence-corrected chi connectivity index (χ0v) is 12.1. The van der Waals surface area contributed by atoms with Gasteiger partial charge >= 0.3 is 0 Å². The Morgan fingerprint density at radius 2 is 2.12 bits per heavy atom. The molecule has 0 aliphatic heterocycles. The molecule has 1 heterocycles. The van der Waals surface area contributed by atoms with Crippen molar-refractivity contribution in [3.05, 3.63) is 16.1 Å². The highest BCUT2D eigenvalue weighted by molar-refractivity contribution is 7.09. The van der Waals surface area contributed by atoms with Crippen LogP contribution in [0.2, 0.25) is 0 Å². The van der Waals surface area contributed by atoms with Gasteiger partial charge in [-0.15, -0.1) is 11.3 Å². The summed E-state index contributed by atoms with van der Waals surface area (Å²) >= 11 is 1.78. The van der Waals surface area contributed by atoms with Crippen molar-refractivity contribution in [1.82, 2.24) is 10.3 Å².